The minimum Gasteiger partial charge on any atom is -0.334 e. The third-order valence-electron chi connectivity index (χ3n) is 5.38. The van der Waals surface area contributed by atoms with Crippen molar-refractivity contribution in [1.82, 2.24) is 20.0 Å². The Bertz CT molecular complexity index is 724. The molecule has 2 aromatic rings. The van der Waals surface area contributed by atoms with Crippen molar-refractivity contribution in [3.05, 3.63) is 52.8 Å². The van der Waals surface area contributed by atoms with Crippen LogP contribution >= 0.6 is 0 Å². The molecule has 5 nitrogen and oxygen atoms in total. The maximum atomic E-state index is 13.0. The molecular weight excluding hydrogens is 300 g/mol. The summed E-state index contributed by atoms with van der Waals surface area (Å²) in [4.78, 5) is 17.3. The number of carbonyl (C=O) groups excluding carboxylic acids is 1. The number of piperazine rings is 1. The number of hydrogen-bond donors (Lipinski definition) is 1. The topological polar surface area (TPSA) is 52.2 Å². The van der Waals surface area contributed by atoms with Gasteiger partial charge in [-0.2, -0.15) is 5.10 Å². The molecule has 1 fully saturated rings. The second-order valence-electron chi connectivity index (χ2n) is 6.89. The largest absolute Gasteiger partial charge is 0.334 e. The number of aromatic nitrogens is 2. The van der Waals surface area contributed by atoms with E-state index < -0.39 is 0 Å². The number of benzene rings is 1. The van der Waals surface area contributed by atoms with Gasteiger partial charge in [-0.15, -0.1) is 0 Å². The quantitative estimate of drug-likeness (QED) is 0.923. The molecule has 1 amide bonds. The van der Waals surface area contributed by atoms with E-state index in [2.05, 4.69) is 46.4 Å². The first-order valence-electron chi connectivity index (χ1n) is 8.84. The molecule has 1 unspecified atom stereocenters. The maximum Gasteiger partial charge on any atom is 0.274 e. The minimum absolute atomic E-state index is 0.0865. The smallest absolute Gasteiger partial charge is 0.274 e. The predicted molar refractivity (Wildman–Crippen MR) is 92.9 cm³/mol. The van der Waals surface area contributed by atoms with E-state index in [1.165, 1.54) is 17.7 Å². The molecule has 1 atom stereocenters. The van der Waals surface area contributed by atoms with Crippen molar-refractivity contribution >= 4 is 5.91 Å². The molecule has 1 N–H and O–H groups in total. The van der Waals surface area contributed by atoms with E-state index in [0.29, 0.717) is 5.69 Å². The molecule has 1 saturated heterocycles. The van der Waals surface area contributed by atoms with Crippen LogP contribution in [-0.2, 0) is 12.8 Å². The number of carbonyl (C=O) groups is 1. The van der Waals surface area contributed by atoms with E-state index in [9.17, 15) is 4.79 Å². The molecular formula is C19H24N4O. The number of rotatable bonds is 2. The first kappa shape index (κ1) is 15.4. The fourth-order valence-corrected chi connectivity index (χ4v) is 3.90. The number of fused-ring (bicyclic) bond motifs is 1. The fraction of sp³-hybridized carbons (Fsp3) is 0.474. The van der Waals surface area contributed by atoms with Gasteiger partial charge < -0.3 is 4.90 Å². The number of nitrogens with zero attached hydrogens (tertiary/aromatic N) is 3. The first-order valence-corrected chi connectivity index (χ1v) is 8.84. The van der Waals surface area contributed by atoms with Crippen molar-refractivity contribution in [3.63, 3.8) is 0 Å². The van der Waals surface area contributed by atoms with Gasteiger partial charge in [0.25, 0.3) is 5.91 Å². The molecule has 0 saturated carbocycles. The zero-order chi connectivity index (χ0) is 16.5. The van der Waals surface area contributed by atoms with E-state index in [1.54, 1.807) is 0 Å². The molecule has 0 spiro atoms. The van der Waals surface area contributed by atoms with Gasteiger partial charge in [0.15, 0.2) is 5.69 Å². The van der Waals surface area contributed by atoms with Crippen LogP contribution in [0.15, 0.2) is 30.3 Å². The van der Waals surface area contributed by atoms with Gasteiger partial charge in [-0.25, -0.2) is 0 Å². The standard InChI is InChI=1S/C19H24N4O/c1-22-11-12-23(13-17(22)14-7-3-2-4-8-14)19(24)18-15-9-5-6-10-16(15)20-21-18/h2-4,7-8,17H,5-6,9-13H2,1H3,(H,20,21). The Morgan fingerprint density at radius 1 is 1.17 bits per heavy atom. The highest BCUT2D eigenvalue weighted by Crippen LogP contribution is 2.27. The van der Waals surface area contributed by atoms with Crippen LogP contribution in [0.2, 0.25) is 0 Å². The number of aromatic amines is 1. The van der Waals surface area contributed by atoms with Gasteiger partial charge in [0.1, 0.15) is 0 Å². The van der Waals surface area contributed by atoms with Gasteiger partial charge in [0, 0.05) is 30.9 Å². The summed E-state index contributed by atoms with van der Waals surface area (Å²) in [6.45, 7) is 2.37. The lowest BCUT2D eigenvalue weighted by Gasteiger charge is -2.39. The van der Waals surface area contributed by atoms with Crippen LogP contribution in [0.1, 0.15) is 46.2 Å². The predicted octanol–water partition coefficient (Wildman–Crippen LogP) is 2.42. The van der Waals surface area contributed by atoms with Crippen molar-refractivity contribution in [2.75, 3.05) is 26.7 Å². The maximum absolute atomic E-state index is 13.0. The highest BCUT2D eigenvalue weighted by atomic mass is 16.2. The molecule has 126 valence electrons. The van der Waals surface area contributed by atoms with Crippen molar-refractivity contribution < 1.29 is 4.79 Å². The average Bonchev–Trinajstić information content (AvgIpc) is 3.06. The van der Waals surface area contributed by atoms with Gasteiger partial charge in [-0.1, -0.05) is 30.3 Å². The van der Waals surface area contributed by atoms with Crippen LogP contribution in [0.5, 0.6) is 0 Å². The van der Waals surface area contributed by atoms with E-state index in [1.807, 2.05) is 11.0 Å². The summed E-state index contributed by atoms with van der Waals surface area (Å²) in [5, 5.41) is 7.45. The van der Waals surface area contributed by atoms with E-state index in [4.69, 9.17) is 0 Å². The molecule has 1 aliphatic carbocycles. The second kappa shape index (κ2) is 6.40. The summed E-state index contributed by atoms with van der Waals surface area (Å²) in [5.74, 6) is 0.0865. The van der Waals surface area contributed by atoms with Crippen molar-refractivity contribution in [3.8, 4) is 0 Å². The summed E-state index contributed by atoms with van der Waals surface area (Å²) >= 11 is 0. The lowest BCUT2D eigenvalue weighted by atomic mass is 9.95. The normalized spacial score (nSPS) is 21.5. The number of aryl methyl sites for hydroxylation is 1. The van der Waals surface area contributed by atoms with Gasteiger partial charge in [0.2, 0.25) is 0 Å². The Labute approximate surface area is 142 Å². The molecule has 24 heavy (non-hydrogen) atoms. The highest BCUT2D eigenvalue weighted by Gasteiger charge is 2.31. The molecule has 0 radical (unpaired) electrons. The van der Waals surface area contributed by atoms with E-state index in [0.717, 1.165) is 44.5 Å². The summed E-state index contributed by atoms with van der Waals surface area (Å²) in [5.41, 5.74) is 4.24. The van der Waals surface area contributed by atoms with Crippen LogP contribution in [-0.4, -0.2) is 52.6 Å². The van der Waals surface area contributed by atoms with Crippen LogP contribution < -0.4 is 0 Å². The average molecular weight is 324 g/mol. The number of H-pyrrole nitrogens is 1. The first-order chi connectivity index (χ1) is 11.7. The molecule has 0 bridgehead atoms. The van der Waals surface area contributed by atoms with Crippen molar-refractivity contribution in [2.45, 2.75) is 31.7 Å². The summed E-state index contributed by atoms with van der Waals surface area (Å²) in [6, 6.07) is 10.7. The lowest BCUT2D eigenvalue weighted by molar-refractivity contribution is 0.0539. The van der Waals surface area contributed by atoms with Crippen LogP contribution in [0.25, 0.3) is 0 Å². The molecule has 2 heterocycles. The minimum atomic E-state index is 0.0865. The monoisotopic (exact) mass is 324 g/mol. The molecule has 4 rings (SSSR count). The molecule has 1 aromatic heterocycles. The Balaban J connectivity index is 1.56. The zero-order valence-electron chi connectivity index (χ0n) is 14.2. The van der Waals surface area contributed by atoms with Crippen LogP contribution in [0.3, 0.4) is 0 Å². The van der Waals surface area contributed by atoms with Gasteiger partial charge in [0.05, 0.1) is 6.04 Å². The third kappa shape index (κ3) is 2.73. The second-order valence-corrected chi connectivity index (χ2v) is 6.89. The molecule has 5 heteroatoms. The lowest BCUT2D eigenvalue weighted by Crippen LogP contribution is -2.49. The summed E-state index contributed by atoms with van der Waals surface area (Å²) in [6.07, 6.45) is 4.34. The highest BCUT2D eigenvalue weighted by molar-refractivity contribution is 5.94. The van der Waals surface area contributed by atoms with Crippen molar-refractivity contribution in [1.29, 1.82) is 0 Å². The number of amides is 1. The Hall–Kier alpha value is -2.14. The Morgan fingerprint density at radius 2 is 1.96 bits per heavy atom. The van der Waals surface area contributed by atoms with Crippen molar-refractivity contribution in [2.24, 2.45) is 0 Å². The summed E-state index contributed by atoms with van der Waals surface area (Å²) in [7, 11) is 2.13. The SMILES string of the molecule is CN1CCN(C(=O)c2n[nH]c3c2CCCC3)CC1c1ccccc1. The van der Waals surface area contributed by atoms with E-state index >= 15 is 0 Å². The molecule has 2 aliphatic rings. The zero-order valence-corrected chi connectivity index (χ0v) is 14.2. The van der Waals surface area contributed by atoms with Gasteiger partial charge >= 0.3 is 0 Å². The Morgan fingerprint density at radius 3 is 2.79 bits per heavy atom. The number of nitrogens with one attached hydrogen (secondary N) is 1. The number of hydrogen-bond acceptors (Lipinski definition) is 3. The third-order valence-corrected chi connectivity index (χ3v) is 5.38. The van der Waals surface area contributed by atoms with Crippen LogP contribution in [0, 0.1) is 0 Å². The Kier molecular flexibility index (Phi) is 4.10. The molecule has 1 aliphatic heterocycles. The van der Waals surface area contributed by atoms with Crippen LogP contribution in [0.4, 0.5) is 0 Å². The summed E-state index contributed by atoms with van der Waals surface area (Å²) < 4.78 is 0. The van der Waals surface area contributed by atoms with E-state index in [-0.39, 0.29) is 11.9 Å². The number of likely N-dealkylation sites (N-methyl/N-ethyl adjacent to an activating group) is 1. The van der Waals surface area contributed by atoms with Gasteiger partial charge in [-0.3, -0.25) is 14.8 Å². The van der Waals surface area contributed by atoms with Gasteiger partial charge in [-0.05, 0) is 38.3 Å². The fourth-order valence-electron chi connectivity index (χ4n) is 3.90. The molecule has 1 aromatic carbocycles.